The third-order valence-electron chi connectivity index (χ3n) is 2.13. The summed E-state index contributed by atoms with van der Waals surface area (Å²) in [6.45, 7) is 4.70. The quantitative estimate of drug-likeness (QED) is 0.511. The summed E-state index contributed by atoms with van der Waals surface area (Å²) >= 11 is 0. The van der Waals surface area contributed by atoms with E-state index in [1.54, 1.807) is 0 Å². The van der Waals surface area contributed by atoms with Gasteiger partial charge in [-0.1, -0.05) is 13.8 Å². The van der Waals surface area contributed by atoms with Gasteiger partial charge < -0.3 is 15.5 Å². The molecule has 84 valence electrons. The molecule has 4 nitrogen and oxygen atoms in total. The molecule has 14 heavy (non-hydrogen) atoms. The topological polar surface area (TPSA) is 69.6 Å². The maximum absolute atomic E-state index is 10.8. The Labute approximate surface area is 85.3 Å². The zero-order chi connectivity index (χ0) is 11.0. The summed E-state index contributed by atoms with van der Waals surface area (Å²) in [6, 6.07) is -0.455. The van der Waals surface area contributed by atoms with E-state index in [-0.39, 0.29) is 12.5 Å². The lowest BCUT2D eigenvalue weighted by molar-refractivity contribution is -0.140. The number of unbranched alkanes of at least 4 members (excludes halogenated alkanes) is 2. The van der Waals surface area contributed by atoms with Crippen LogP contribution in [-0.2, 0) is 4.79 Å². The largest absolute Gasteiger partial charge is 0.480 e. The molecular formula is C10H21NO3. The zero-order valence-electron chi connectivity index (χ0n) is 8.99. The second kappa shape index (κ2) is 7.76. The lowest BCUT2D eigenvalue weighted by atomic mass is 10.0. The number of aliphatic hydroxyl groups is 1. The molecule has 4 heteroatoms. The van der Waals surface area contributed by atoms with Crippen LogP contribution in [0.1, 0.15) is 33.1 Å². The number of aliphatic carboxylic acids is 1. The van der Waals surface area contributed by atoms with E-state index in [2.05, 4.69) is 5.32 Å². The predicted molar refractivity (Wildman–Crippen MR) is 55.2 cm³/mol. The van der Waals surface area contributed by atoms with E-state index in [1.807, 2.05) is 13.8 Å². The fraction of sp³-hybridized carbons (Fsp3) is 0.900. The zero-order valence-corrected chi connectivity index (χ0v) is 8.99. The van der Waals surface area contributed by atoms with Crippen molar-refractivity contribution in [3.63, 3.8) is 0 Å². The minimum absolute atomic E-state index is 0.102. The summed E-state index contributed by atoms with van der Waals surface area (Å²) in [6.07, 6.45) is 2.64. The average molecular weight is 203 g/mol. The van der Waals surface area contributed by atoms with E-state index in [1.165, 1.54) is 0 Å². The molecule has 0 aromatic rings. The Morgan fingerprint density at radius 1 is 1.29 bits per heavy atom. The Bertz CT molecular complexity index is 159. The Morgan fingerprint density at radius 2 is 1.93 bits per heavy atom. The number of hydrogen-bond acceptors (Lipinski definition) is 3. The first-order valence-electron chi connectivity index (χ1n) is 5.16. The highest BCUT2D eigenvalue weighted by Crippen LogP contribution is 2.02. The highest BCUT2D eigenvalue weighted by atomic mass is 16.4. The lowest BCUT2D eigenvalue weighted by Gasteiger charge is -2.17. The van der Waals surface area contributed by atoms with Crippen molar-refractivity contribution in [1.29, 1.82) is 0 Å². The van der Waals surface area contributed by atoms with Crippen molar-refractivity contribution in [2.75, 3.05) is 13.2 Å². The van der Waals surface area contributed by atoms with Crippen molar-refractivity contribution >= 4 is 5.97 Å². The number of aliphatic hydroxyl groups excluding tert-OH is 1. The van der Waals surface area contributed by atoms with Crippen LogP contribution in [-0.4, -0.2) is 35.4 Å². The van der Waals surface area contributed by atoms with Crippen molar-refractivity contribution in [1.82, 2.24) is 5.32 Å². The SMILES string of the molecule is CC(C)C(NCCCCCO)C(=O)O. The van der Waals surface area contributed by atoms with Gasteiger partial charge in [-0.3, -0.25) is 4.79 Å². The van der Waals surface area contributed by atoms with E-state index in [0.717, 1.165) is 19.3 Å². The first kappa shape index (κ1) is 13.4. The molecule has 0 aliphatic rings. The molecule has 0 saturated heterocycles. The maximum atomic E-state index is 10.8. The van der Waals surface area contributed by atoms with Crippen LogP contribution >= 0.6 is 0 Å². The van der Waals surface area contributed by atoms with E-state index >= 15 is 0 Å². The van der Waals surface area contributed by atoms with Gasteiger partial charge in [0, 0.05) is 6.61 Å². The third-order valence-corrected chi connectivity index (χ3v) is 2.13. The van der Waals surface area contributed by atoms with Crippen LogP contribution in [0.25, 0.3) is 0 Å². The first-order valence-corrected chi connectivity index (χ1v) is 5.16. The fourth-order valence-electron chi connectivity index (χ4n) is 1.28. The molecule has 0 spiro atoms. The number of hydrogen-bond donors (Lipinski definition) is 3. The average Bonchev–Trinajstić information content (AvgIpc) is 2.09. The minimum atomic E-state index is -0.790. The molecule has 0 aromatic carbocycles. The van der Waals surface area contributed by atoms with Gasteiger partial charge in [-0.2, -0.15) is 0 Å². The van der Waals surface area contributed by atoms with Crippen LogP contribution in [0.4, 0.5) is 0 Å². The van der Waals surface area contributed by atoms with Crippen LogP contribution in [0.2, 0.25) is 0 Å². The molecule has 0 aliphatic heterocycles. The normalized spacial score (nSPS) is 13.1. The molecule has 0 aromatic heterocycles. The summed E-state index contributed by atoms with van der Waals surface area (Å²) in [5.74, 6) is -0.688. The molecule has 0 bridgehead atoms. The molecule has 1 atom stereocenters. The van der Waals surface area contributed by atoms with E-state index in [4.69, 9.17) is 10.2 Å². The monoisotopic (exact) mass is 203 g/mol. The van der Waals surface area contributed by atoms with Gasteiger partial charge in [0.15, 0.2) is 0 Å². The number of nitrogens with one attached hydrogen (secondary N) is 1. The van der Waals surface area contributed by atoms with Gasteiger partial charge in [0.2, 0.25) is 0 Å². The Balaban J connectivity index is 3.57. The smallest absolute Gasteiger partial charge is 0.320 e. The minimum Gasteiger partial charge on any atom is -0.480 e. The summed E-state index contributed by atoms with van der Waals surface area (Å²) < 4.78 is 0. The molecule has 0 aliphatic carbocycles. The Kier molecular flexibility index (Phi) is 7.42. The molecule has 3 N–H and O–H groups in total. The first-order chi connectivity index (χ1) is 6.59. The molecule has 0 saturated carbocycles. The van der Waals surface area contributed by atoms with Gasteiger partial charge in [0.1, 0.15) is 6.04 Å². The van der Waals surface area contributed by atoms with Gasteiger partial charge in [-0.05, 0) is 31.7 Å². The maximum Gasteiger partial charge on any atom is 0.320 e. The number of carboxylic acids is 1. The Morgan fingerprint density at radius 3 is 2.36 bits per heavy atom. The molecule has 1 unspecified atom stereocenters. The molecule has 0 amide bonds. The molecule has 0 fully saturated rings. The molecular weight excluding hydrogens is 182 g/mol. The van der Waals surface area contributed by atoms with Crippen molar-refractivity contribution < 1.29 is 15.0 Å². The standard InChI is InChI=1S/C10H21NO3/c1-8(2)9(10(13)14)11-6-4-3-5-7-12/h8-9,11-12H,3-7H2,1-2H3,(H,13,14). The fourth-order valence-corrected chi connectivity index (χ4v) is 1.28. The summed E-state index contributed by atoms with van der Waals surface area (Å²) in [4.78, 5) is 10.8. The van der Waals surface area contributed by atoms with Crippen LogP contribution in [0.5, 0.6) is 0 Å². The third kappa shape index (κ3) is 5.94. The highest BCUT2D eigenvalue weighted by molar-refractivity contribution is 5.73. The summed E-state index contributed by atoms with van der Waals surface area (Å²) in [5, 5.41) is 20.4. The highest BCUT2D eigenvalue weighted by Gasteiger charge is 2.19. The van der Waals surface area contributed by atoms with Crippen LogP contribution < -0.4 is 5.32 Å². The number of carboxylic acid groups (broad SMARTS) is 1. The van der Waals surface area contributed by atoms with Crippen LogP contribution in [0.3, 0.4) is 0 Å². The van der Waals surface area contributed by atoms with Gasteiger partial charge >= 0.3 is 5.97 Å². The van der Waals surface area contributed by atoms with Gasteiger partial charge in [-0.25, -0.2) is 0 Å². The molecule has 0 rings (SSSR count). The molecule has 0 heterocycles. The Hall–Kier alpha value is -0.610. The second-order valence-corrected chi connectivity index (χ2v) is 3.80. The second-order valence-electron chi connectivity index (χ2n) is 3.80. The number of carbonyl (C=O) groups is 1. The van der Waals surface area contributed by atoms with E-state index in [9.17, 15) is 4.79 Å². The summed E-state index contributed by atoms with van der Waals surface area (Å²) in [5.41, 5.74) is 0. The van der Waals surface area contributed by atoms with Crippen molar-refractivity contribution in [2.24, 2.45) is 5.92 Å². The van der Waals surface area contributed by atoms with Crippen molar-refractivity contribution in [2.45, 2.75) is 39.2 Å². The lowest BCUT2D eigenvalue weighted by Crippen LogP contribution is -2.41. The van der Waals surface area contributed by atoms with Crippen LogP contribution in [0.15, 0.2) is 0 Å². The van der Waals surface area contributed by atoms with Gasteiger partial charge in [0.05, 0.1) is 0 Å². The predicted octanol–water partition coefficient (Wildman–Crippen LogP) is 0.848. The van der Waals surface area contributed by atoms with Crippen LogP contribution in [0, 0.1) is 5.92 Å². The van der Waals surface area contributed by atoms with Crippen molar-refractivity contribution in [3.05, 3.63) is 0 Å². The van der Waals surface area contributed by atoms with E-state index in [0.29, 0.717) is 6.54 Å². The van der Waals surface area contributed by atoms with Crippen molar-refractivity contribution in [3.8, 4) is 0 Å². The van der Waals surface area contributed by atoms with Gasteiger partial charge in [-0.15, -0.1) is 0 Å². The van der Waals surface area contributed by atoms with E-state index < -0.39 is 12.0 Å². The summed E-state index contributed by atoms with van der Waals surface area (Å²) in [7, 11) is 0. The number of rotatable bonds is 8. The molecule has 0 radical (unpaired) electrons. The van der Waals surface area contributed by atoms with Gasteiger partial charge in [0.25, 0.3) is 0 Å².